The van der Waals surface area contributed by atoms with Gasteiger partial charge in [0.05, 0.1) is 0 Å². The molecule has 2 rings (SSSR count). The maximum absolute atomic E-state index is 5.68. The maximum atomic E-state index is 5.68. The van der Waals surface area contributed by atoms with E-state index in [0.717, 1.165) is 18.8 Å². The Kier molecular flexibility index (Phi) is 2.82. The minimum atomic E-state index is 0.548. The number of benzene rings is 1. The molecule has 1 saturated heterocycles. The van der Waals surface area contributed by atoms with Crippen LogP contribution >= 0.6 is 0 Å². The van der Waals surface area contributed by atoms with Gasteiger partial charge in [-0.3, -0.25) is 0 Å². The monoisotopic (exact) mass is 205 g/mol. The molecule has 3 nitrogen and oxygen atoms in total. The second-order valence-corrected chi connectivity index (χ2v) is 4.47. The standard InChI is InChI=1S/C12H19N3/c1-9-7-15(8-10(2)14-9)12-5-3-11(13)4-6-12/h3-6,9-10,14H,7-8,13H2,1-2H3/t9-,10+. The molecule has 1 aromatic rings. The molecule has 1 heterocycles. The number of nitrogen functional groups attached to an aromatic ring is 1. The molecule has 3 N–H and O–H groups in total. The van der Waals surface area contributed by atoms with Crippen molar-refractivity contribution in [3.63, 3.8) is 0 Å². The molecule has 0 aromatic heterocycles. The fraction of sp³-hybridized carbons (Fsp3) is 0.500. The van der Waals surface area contributed by atoms with Gasteiger partial charge < -0.3 is 16.0 Å². The van der Waals surface area contributed by atoms with Gasteiger partial charge in [-0.1, -0.05) is 0 Å². The van der Waals surface area contributed by atoms with Gasteiger partial charge in [-0.05, 0) is 38.1 Å². The fourth-order valence-electron chi connectivity index (χ4n) is 2.22. The Hall–Kier alpha value is -1.22. The van der Waals surface area contributed by atoms with E-state index in [0.29, 0.717) is 12.1 Å². The highest BCUT2D eigenvalue weighted by atomic mass is 15.2. The van der Waals surface area contributed by atoms with E-state index >= 15 is 0 Å². The molecule has 0 amide bonds. The van der Waals surface area contributed by atoms with Gasteiger partial charge >= 0.3 is 0 Å². The summed E-state index contributed by atoms with van der Waals surface area (Å²) in [5.41, 5.74) is 7.78. The molecule has 0 radical (unpaired) electrons. The van der Waals surface area contributed by atoms with Crippen LogP contribution in [0.4, 0.5) is 11.4 Å². The molecule has 2 atom stereocenters. The van der Waals surface area contributed by atoms with Crippen molar-refractivity contribution in [2.45, 2.75) is 25.9 Å². The number of hydrogen-bond acceptors (Lipinski definition) is 3. The van der Waals surface area contributed by atoms with Crippen LogP contribution in [-0.4, -0.2) is 25.2 Å². The Balaban J connectivity index is 2.12. The van der Waals surface area contributed by atoms with Crippen LogP contribution in [0, 0.1) is 0 Å². The topological polar surface area (TPSA) is 41.3 Å². The number of rotatable bonds is 1. The lowest BCUT2D eigenvalue weighted by Crippen LogP contribution is -2.54. The number of hydrogen-bond donors (Lipinski definition) is 2. The van der Waals surface area contributed by atoms with Crippen LogP contribution in [-0.2, 0) is 0 Å². The molecule has 15 heavy (non-hydrogen) atoms. The van der Waals surface area contributed by atoms with Gasteiger partial charge in [0.25, 0.3) is 0 Å². The SMILES string of the molecule is C[C@@H]1CN(c2ccc(N)cc2)C[C@H](C)N1. The first-order chi connectivity index (χ1) is 7.15. The Morgan fingerprint density at radius 3 is 2.20 bits per heavy atom. The number of nitrogens with one attached hydrogen (secondary N) is 1. The molecular formula is C12H19N3. The van der Waals surface area contributed by atoms with Crippen molar-refractivity contribution in [2.24, 2.45) is 0 Å². The summed E-state index contributed by atoms with van der Waals surface area (Å²) < 4.78 is 0. The molecule has 0 bridgehead atoms. The van der Waals surface area contributed by atoms with E-state index in [4.69, 9.17) is 5.73 Å². The summed E-state index contributed by atoms with van der Waals surface area (Å²) in [4.78, 5) is 2.41. The summed E-state index contributed by atoms with van der Waals surface area (Å²) in [7, 11) is 0. The summed E-state index contributed by atoms with van der Waals surface area (Å²) in [6.45, 7) is 6.57. The maximum Gasteiger partial charge on any atom is 0.0368 e. The molecule has 0 spiro atoms. The van der Waals surface area contributed by atoms with E-state index in [1.165, 1.54) is 5.69 Å². The molecule has 0 aliphatic carbocycles. The van der Waals surface area contributed by atoms with Crippen molar-refractivity contribution in [3.8, 4) is 0 Å². The average molecular weight is 205 g/mol. The Labute approximate surface area is 91.3 Å². The normalized spacial score (nSPS) is 26.7. The lowest BCUT2D eigenvalue weighted by molar-refractivity contribution is 0.407. The zero-order chi connectivity index (χ0) is 10.8. The van der Waals surface area contributed by atoms with Gasteiger partial charge in [-0.25, -0.2) is 0 Å². The molecule has 82 valence electrons. The largest absolute Gasteiger partial charge is 0.399 e. The fourth-order valence-corrected chi connectivity index (χ4v) is 2.22. The van der Waals surface area contributed by atoms with E-state index in [9.17, 15) is 0 Å². The van der Waals surface area contributed by atoms with Crippen LogP contribution in [0.1, 0.15) is 13.8 Å². The van der Waals surface area contributed by atoms with Gasteiger partial charge in [0.15, 0.2) is 0 Å². The molecule has 1 fully saturated rings. The van der Waals surface area contributed by atoms with Crippen LogP contribution in [0.3, 0.4) is 0 Å². The number of piperazine rings is 1. The van der Waals surface area contributed by atoms with Crippen LogP contribution in [0.5, 0.6) is 0 Å². The van der Waals surface area contributed by atoms with Crippen molar-refractivity contribution in [1.29, 1.82) is 0 Å². The van der Waals surface area contributed by atoms with E-state index in [1.807, 2.05) is 12.1 Å². The van der Waals surface area contributed by atoms with Crippen LogP contribution in [0.2, 0.25) is 0 Å². The average Bonchev–Trinajstić information content (AvgIpc) is 2.17. The first-order valence-electron chi connectivity index (χ1n) is 5.51. The molecular weight excluding hydrogens is 186 g/mol. The van der Waals surface area contributed by atoms with E-state index in [2.05, 4.69) is 36.2 Å². The van der Waals surface area contributed by atoms with Crippen molar-refractivity contribution in [2.75, 3.05) is 23.7 Å². The first kappa shape index (κ1) is 10.3. The highest BCUT2D eigenvalue weighted by molar-refractivity contribution is 5.53. The molecule has 0 saturated carbocycles. The van der Waals surface area contributed by atoms with Crippen molar-refractivity contribution < 1.29 is 0 Å². The van der Waals surface area contributed by atoms with Crippen LogP contribution in [0.25, 0.3) is 0 Å². The minimum Gasteiger partial charge on any atom is -0.399 e. The number of anilines is 2. The quantitative estimate of drug-likeness (QED) is 0.682. The smallest absolute Gasteiger partial charge is 0.0368 e. The predicted octanol–water partition coefficient (Wildman–Crippen LogP) is 1.46. The van der Waals surface area contributed by atoms with Crippen molar-refractivity contribution in [1.82, 2.24) is 5.32 Å². The lowest BCUT2D eigenvalue weighted by Gasteiger charge is -2.37. The van der Waals surface area contributed by atoms with Crippen molar-refractivity contribution in [3.05, 3.63) is 24.3 Å². The van der Waals surface area contributed by atoms with Gasteiger partial charge in [-0.15, -0.1) is 0 Å². The number of nitrogens with two attached hydrogens (primary N) is 1. The lowest BCUT2D eigenvalue weighted by atomic mass is 10.1. The van der Waals surface area contributed by atoms with Crippen LogP contribution < -0.4 is 16.0 Å². The Bertz CT molecular complexity index is 310. The first-order valence-corrected chi connectivity index (χ1v) is 5.51. The second kappa shape index (κ2) is 4.11. The molecule has 0 unspecified atom stereocenters. The van der Waals surface area contributed by atoms with Gasteiger partial charge in [0, 0.05) is 36.5 Å². The highest BCUT2D eigenvalue weighted by Gasteiger charge is 2.20. The third-order valence-corrected chi connectivity index (χ3v) is 2.82. The second-order valence-electron chi connectivity index (χ2n) is 4.47. The zero-order valence-electron chi connectivity index (χ0n) is 9.40. The van der Waals surface area contributed by atoms with E-state index in [-0.39, 0.29) is 0 Å². The highest BCUT2D eigenvalue weighted by Crippen LogP contribution is 2.18. The van der Waals surface area contributed by atoms with Gasteiger partial charge in [-0.2, -0.15) is 0 Å². The Morgan fingerprint density at radius 2 is 1.67 bits per heavy atom. The van der Waals surface area contributed by atoms with E-state index < -0.39 is 0 Å². The molecule has 1 aliphatic heterocycles. The summed E-state index contributed by atoms with van der Waals surface area (Å²) in [5.74, 6) is 0. The third kappa shape index (κ3) is 2.42. The minimum absolute atomic E-state index is 0.548. The summed E-state index contributed by atoms with van der Waals surface area (Å²) in [6.07, 6.45) is 0. The van der Waals surface area contributed by atoms with Gasteiger partial charge in [0.2, 0.25) is 0 Å². The van der Waals surface area contributed by atoms with Crippen LogP contribution in [0.15, 0.2) is 24.3 Å². The third-order valence-electron chi connectivity index (χ3n) is 2.82. The molecule has 1 aromatic carbocycles. The molecule has 3 heteroatoms. The summed E-state index contributed by atoms with van der Waals surface area (Å²) in [5, 5.41) is 3.52. The Morgan fingerprint density at radius 1 is 1.13 bits per heavy atom. The predicted molar refractivity (Wildman–Crippen MR) is 65.1 cm³/mol. The summed E-state index contributed by atoms with van der Waals surface area (Å²) >= 11 is 0. The molecule has 1 aliphatic rings. The number of nitrogens with zero attached hydrogens (tertiary/aromatic N) is 1. The zero-order valence-corrected chi connectivity index (χ0v) is 9.40. The summed E-state index contributed by atoms with van der Waals surface area (Å²) in [6, 6.07) is 9.22. The van der Waals surface area contributed by atoms with Crippen molar-refractivity contribution >= 4 is 11.4 Å². The van der Waals surface area contributed by atoms with Gasteiger partial charge in [0.1, 0.15) is 0 Å². The van der Waals surface area contributed by atoms with E-state index in [1.54, 1.807) is 0 Å².